The maximum Gasteiger partial charge on any atom is 0.324 e. The normalized spacial score (nSPS) is 13.8. The molecule has 0 amide bonds. The van der Waals surface area contributed by atoms with E-state index >= 15 is 0 Å². The number of carboxylic acids is 1. The van der Waals surface area contributed by atoms with Gasteiger partial charge in [0.05, 0.1) is 6.07 Å². The second kappa shape index (κ2) is 4.58. The van der Waals surface area contributed by atoms with Crippen LogP contribution in [0.15, 0.2) is 12.1 Å². The van der Waals surface area contributed by atoms with E-state index in [1.54, 1.807) is 0 Å². The van der Waals surface area contributed by atoms with Crippen LogP contribution in [0.25, 0.3) is 0 Å². The van der Waals surface area contributed by atoms with E-state index in [0.717, 1.165) is 22.3 Å². The molecule has 0 spiro atoms. The van der Waals surface area contributed by atoms with Crippen LogP contribution in [-0.2, 0) is 11.2 Å². The van der Waals surface area contributed by atoms with Crippen molar-refractivity contribution >= 4 is 5.97 Å². The van der Waals surface area contributed by atoms with Crippen LogP contribution in [0.4, 0.5) is 0 Å². The molecule has 0 bridgehead atoms. The number of rotatable bonds is 3. The Morgan fingerprint density at radius 3 is 2.18 bits per heavy atom. The van der Waals surface area contributed by atoms with Gasteiger partial charge in [-0.05, 0) is 44.4 Å². The summed E-state index contributed by atoms with van der Waals surface area (Å²) in [6.07, 6.45) is 0.247. The van der Waals surface area contributed by atoms with Crippen molar-refractivity contribution in [2.75, 3.05) is 0 Å². The summed E-state index contributed by atoms with van der Waals surface area (Å²) in [6.45, 7) is 7.38. The SMILES string of the molecule is Cc1cc(C)c(CC(C)(C#N)C(=O)O)c(C)c1. The molecule has 1 atom stereocenters. The number of nitriles is 1. The minimum atomic E-state index is -1.36. The minimum absolute atomic E-state index is 0.247. The Morgan fingerprint density at radius 2 is 1.82 bits per heavy atom. The summed E-state index contributed by atoms with van der Waals surface area (Å²) in [5.41, 5.74) is 2.85. The molecule has 0 saturated heterocycles. The lowest BCUT2D eigenvalue weighted by molar-refractivity contribution is -0.144. The standard InChI is InChI=1S/C14H17NO2/c1-9-5-10(2)12(11(3)6-9)7-14(4,8-15)13(16)17/h5-6H,7H2,1-4H3,(H,16,17). The Kier molecular flexibility index (Phi) is 3.57. The molecule has 0 fully saturated rings. The molecule has 0 aromatic heterocycles. The molecule has 1 aromatic rings. The number of nitrogens with zero attached hydrogens (tertiary/aromatic N) is 1. The van der Waals surface area contributed by atoms with Gasteiger partial charge in [-0.1, -0.05) is 17.7 Å². The molecular formula is C14H17NO2. The van der Waals surface area contributed by atoms with Gasteiger partial charge in [0, 0.05) is 6.42 Å². The van der Waals surface area contributed by atoms with Crippen LogP contribution < -0.4 is 0 Å². The van der Waals surface area contributed by atoms with Gasteiger partial charge in [0.2, 0.25) is 0 Å². The third kappa shape index (κ3) is 2.65. The Hall–Kier alpha value is -1.82. The third-order valence-electron chi connectivity index (χ3n) is 3.09. The first kappa shape index (κ1) is 13.2. The van der Waals surface area contributed by atoms with Crippen molar-refractivity contribution < 1.29 is 9.90 Å². The van der Waals surface area contributed by atoms with E-state index in [0.29, 0.717) is 0 Å². The fourth-order valence-corrected chi connectivity index (χ4v) is 2.01. The maximum atomic E-state index is 11.1. The number of hydrogen-bond donors (Lipinski definition) is 1. The average Bonchev–Trinajstić information content (AvgIpc) is 2.22. The Balaban J connectivity index is 3.21. The third-order valence-corrected chi connectivity index (χ3v) is 3.09. The highest BCUT2D eigenvalue weighted by Crippen LogP contribution is 2.27. The fraction of sp³-hybridized carbons (Fsp3) is 0.429. The minimum Gasteiger partial charge on any atom is -0.480 e. The van der Waals surface area contributed by atoms with Crippen LogP contribution in [0.2, 0.25) is 0 Å². The topological polar surface area (TPSA) is 61.1 Å². The molecule has 17 heavy (non-hydrogen) atoms. The van der Waals surface area contributed by atoms with Crippen LogP contribution >= 0.6 is 0 Å². The number of hydrogen-bond acceptors (Lipinski definition) is 2. The first-order chi connectivity index (χ1) is 7.80. The van der Waals surface area contributed by atoms with Gasteiger partial charge in [-0.25, -0.2) is 0 Å². The number of aliphatic carboxylic acids is 1. The van der Waals surface area contributed by atoms with Gasteiger partial charge in [0.25, 0.3) is 0 Å². The molecule has 1 rings (SSSR count). The van der Waals surface area contributed by atoms with Crippen LogP contribution in [-0.4, -0.2) is 11.1 Å². The maximum absolute atomic E-state index is 11.1. The summed E-state index contributed by atoms with van der Waals surface area (Å²) in [5, 5.41) is 18.1. The van der Waals surface area contributed by atoms with Crippen LogP contribution in [0.1, 0.15) is 29.2 Å². The lowest BCUT2D eigenvalue weighted by Gasteiger charge is -2.19. The lowest BCUT2D eigenvalue weighted by atomic mass is 9.82. The van der Waals surface area contributed by atoms with Crippen molar-refractivity contribution in [3.05, 3.63) is 34.4 Å². The molecule has 0 radical (unpaired) electrons. The largest absolute Gasteiger partial charge is 0.480 e. The van der Waals surface area contributed by atoms with Crippen LogP contribution in [0.3, 0.4) is 0 Å². The second-order valence-electron chi connectivity index (χ2n) is 4.80. The van der Waals surface area contributed by atoms with E-state index in [9.17, 15) is 4.79 Å². The summed E-state index contributed by atoms with van der Waals surface area (Å²) < 4.78 is 0. The van der Waals surface area contributed by atoms with E-state index < -0.39 is 11.4 Å². The van der Waals surface area contributed by atoms with Crippen LogP contribution in [0, 0.1) is 37.5 Å². The predicted octanol–water partition coefficient (Wildman–Crippen LogP) is 2.77. The van der Waals surface area contributed by atoms with Crippen LogP contribution in [0.5, 0.6) is 0 Å². The van der Waals surface area contributed by atoms with E-state index in [2.05, 4.69) is 0 Å². The fourth-order valence-electron chi connectivity index (χ4n) is 2.01. The molecule has 90 valence electrons. The zero-order valence-corrected chi connectivity index (χ0v) is 10.7. The van der Waals surface area contributed by atoms with E-state index in [4.69, 9.17) is 10.4 Å². The second-order valence-corrected chi connectivity index (χ2v) is 4.80. The first-order valence-electron chi connectivity index (χ1n) is 5.51. The predicted molar refractivity (Wildman–Crippen MR) is 65.7 cm³/mol. The van der Waals surface area contributed by atoms with E-state index in [1.807, 2.05) is 39.0 Å². The Morgan fingerprint density at radius 1 is 1.35 bits per heavy atom. The number of carbonyl (C=O) groups is 1. The Labute approximate surface area is 102 Å². The molecule has 3 nitrogen and oxygen atoms in total. The molecule has 1 N–H and O–H groups in total. The van der Waals surface area contributed by atoms with Gasteiger partial charge >= 0.3 is 5.97 Å². The molecule has 1 aromatic carbocycles. The molecule has 0 saturated carbocycles. The van der Waals surface area contributed by atoms with Crippen molar-refractivity contribution in [1.29, 1.82) is 5.26 Å². The number of carboxylic acid groups (broad SMARTS) is 1. The first-order valence-corrected chi connectivity index (χ1v) is 5.51. The number of benzene rings is 1. The molecule has 1 unspecified atom stereocenters. The van der Waals surface area contributed by atoms with Crippen molar-refractivity contribution in [1.82, 2.24) is 0 Å². The molecule has 0 aliphatic rings. The highest BCUT2D eigenvalue weighted by Gasteiger charge is 2.34. The highest BCUT2D eigenvalue weighted by molar-refractivity contribution is 5.78. The zero-order valence-electron chi connectivity index (χ0n) is 10.7. The van der Waals surface area contributed by atoms with Crippen molar-refractivity contribution in [3.63, 3.8) is 0 Å². The van der Waals surface area contributed by atoms with Gasteiger partial charge in [-0.15, -0.1) is 0 Å². The lowest BCUT2D eigenvalue weighted by Crippen LogP contribution is -2.28. The van der Waals surface area contributed by atoms with E-state index in [-0.39, 0.29) is 6.42 Å². The van der Waals surface area contributed by atoms with Gasteiger partial charge < -0.3 is 5.11 Å². The van der Waals surface area contributed by atoms with Gasteiger partial charge in [-0.3, -0.25) is 4.79 Å². The molecule has 0 aliphatic heterocycles. The molecule has 0 heterocycles. The highest BCUT2D eigenvalue weighted by atomic mass is 16.4. The summed E-state index contributed by atoms with van der Waals surface area (Å²) in [5.74, 6) is -1.07. The summed E-state index contributed by atoms with van der Waals surface area (Å²) >= 11 is 0. The van der Waals surface area contributed by atoms with Crippen molar-refractivity contribution in [2.45, 2.75) is 34.1 Å². The quantitative estimate of drug-likeness (QED) is 0.870. The zero-order chi connectivity index (χ0) is 13.2. The van der Waals surface area contributed by atoms with Gasteiger partial charge in [0.15, 0.2) is 5.41 Å². The van der Waals surface area contributed by atoms with E-state index in [1.165, 1.54) is 6.92 Å². The smallest absolute Gasteiger partial charge is 0.324 e. The summed E-state index contributed by atoms with van der Waals surface area (Å²) in [4.78, 5) is 11.1. The molecule has 0 aliphatic carbocycles. The molecule has 3 heteroatoms. The average molecular weight is 231 g/mol. The number of aryl methyl sites for hydroxylation is 3. The molecular weight excluding hydrogens is 214 g/mol. The Bertz CT molecular complexity index is 476. The summed E-state index contributed by atoms with van der Waals surface area (Å²) in [7, 11) is 0. The van der Waals surface area contributed by atoms with Gasteiger partial charge in [0.1, 0.15) is 0 Å². The summed E-state index contributed by atoms with van der Waals surface area (Å²) in [6, 6.07) is 5.93. The van der Waals surface area contributed by atoms with Gasteiger partial charge in [-0.2, -0.15) is 5.26 Å². The monoisotopic (exact) mass is 231 g/mol. The van der Waals surface area contributed by atoms with Crippen molar-refractivity contribution in [3.8, 4) is 6.07 Å². The van der Waals surface area contributed by atoms with Crippen molar-refractivity contribution in [2.24, 2.45) is 5.41 Å².